The number of nitrogens with zero attached hydrogens (tertiary/aromatic N) is 2. The van der Waals surface area contributed by atoms with Gasteiger partial charge in [0.15, 0.2) is 0 Å². The number of hydrogen-bond acceptors (Lipinski definition) is 4. The van der Waals surface area contributed by atoms with Gasteiger partial charge in [0.1, 0.15) is 6.04 Å². The first kappa shape index (κ1) is 30.7. The Morgan fingerprint density at radius 1 is 0.974 bits per heavy atom. The van der Waals surface area contributed by atoms with Gasteiger partial charge in [-0.1, -0.05) is 76.1 Å². The summed E-state index contributed by atoms with van der Waals surface area (Å²) in [5.74, 6) is -0.469. The molecule has 0 aliphatic carbocycles. The van der Waals surface area contributed by atoms with Gasteiger partial charge in [-0.15, -0.1) is 0 Å². The molecule has 10 heteroatoms. The number of anilines is 1. The Morgan fingerprint density at radius 3 is 2.31 bits per heavy atom. The second-order valence-electron chi connectivity index (χ2n) is 9.17. The van der Waals surface area contributed by atoms with Gasteiger partial charge in [0.05, 0.1) is 11.9 Å². The van der Waals surface area contributed by atoms with Gasteiger partial charge in [0, 0.05) is 42.0 Å². The molecule has 208 valence electrons. The molecule has 2 amide bonds. The summed E-state index contributed by atoms with van der Waals surface area (Å²) >= 11 is 9.57. The molecular weight excluding hydrogens is 602 g/mol. The average Bonchev–Trinajstić information content (AvgIpc) is 2.88. The number of hydrogen-bond donors (Lipinski definition) is 1. The smallest absolute Gasteiger partial charge is 0.243 e. The maximum Gasteiger partial charge on any atom is 0.243 e. The number of amides is 2. The number of likely N-dealkylation sites (N-methyl/N-ethyl adjacent to an activating group) is 1. The first-order chi connectivity index (χ1) is 18.6. The third kappa shape index (κ3) is 9.37. The van der Waals surface area contributed by atoms with E-state index in [1.54, 1.807) is 29.2 Å². The fourth-order valence-electron chi connectivity index (χ4n) is 4.31. The van der Waals surface area contributed by atoms with Crippen molar-refractivity contribution in [2.24, 2.45) is 0 Å². The highest BCUT2D eigenvalue weighted by molar-refractivity contribution is 9.10. The molecule has 0 bridgehead atoms. The van der Waals surface area contributed by atoms with Crippen LogP contribution in [0.3, 0.4) is 0 Å². The molecule has 0 saturated carbocycles. The molecule has 0 aliphatic heterocycles. The topological polar surface area (TPSA) is 86.8 Å². The van der Waals surface area contributed by atoms with E-state index in [0.717, 1.165) is 21.9 Å². The van der Waals surface area contributed by atoms with Gasteiger partial charge in [-0.05, 0) is 54.8 Å². The van der Waals surface area contributed by atoms with Crippen molar-refractivity contribution in [3.63, 3.8) is 0 Å². The Hall–Kier alpha value is -2.88. The Morgan fingerprint density at radius 2 is 1.67 bits per heavy atom. The number of benzene rings is 3. The van der Waals surface area contributed by atoms with Crippen LogP contribution in [0.25, 0.3) is 0 Å². The van der Waals surface area contributed by atoms with E-state index in [0.29, 0.717) is 23.7 Å². The van der Waals surface area contributed by atoms with Gasteiger partial charge in [-0.25, -0.2) is 8.42 Å². The molecule has 0 radical (unpaired) electrons. The van der Waals surface area contributed by atoms with Gasteiger partial charge in [0.25, 0.3) is 0 Å². The molecule has 3 rings (SSSR count). The number of nitrogens with one attached hydrogen (secondary N) is 1. The van der Waals surface area contributed by atoms with Crippen molar-refractivity contribution < 1.29 is 18.0 Å². The monoisotopic (exact) mass is 633 g/mol. The summed E-state index contributed by atoms with van der Waals surface area (Å²) in [7, 11) is -3.60. The summed E-state index contributed by atoms with van der Waals surface area (Å²) in [5, 5.41) is 3.30. The van der Waals surface area contributed by atoms with Crippen LogP contribution in [0.1, 0.15) is 30.9 Å². The molecule has 3 aromatic carbocycles. The summed E-state index contributed by atoms with van der Waals surface area (Å²) < 4.78 is 27.2. The molecule has 0 aliphatic rings. The lowest BCUT2D eigenvalue weighted by Gasteiger charge is -2.32. The van der Waals surface area contributed by atoms with Gasteiger partial charge >= 0.3 is 0 Å². The summed E-state index contributed by atoms with van der Waals surface area (Å²) in [4.78, 5) is 28.6. The largest absolute Gasteiger partial charge is 0.355 e. The summed E-state index contributed by atoms with van der Waals surface area (Å²) in [5.41, 5.74) is 2.24. The van der Waals surface area contributed by atoms with Crippen LogP contribution in [-0.2, 0) is 32.6 Å². The summed E-state index contributed by atoms with van der Waals surface area (Å²) in [6, 6.07) is 23.0. The van der Waals surface area contributed by atoms with E-state index in [2.05, 4.69) is 21.2 Å². The van der Waals surface area contributed by atoms with Gasteiger partial charge in [-0.3, -0.25) is 13.9 Å². The van der Waals surface area contributed by atoms with Crippen molar-refractivity contribution >= 4 is 55.1 Å². The summed E-state index contributed by atoms with van der Waals surface area (Å²) in [6.07, 6.45) is 1.80. The van der Waals surface area contributed by atoms with Crippen molar-refractivity contribution in [3.05, 3.63) is 99.5 Å². The van der Waals surface area contributed by atoms with Crippen LogP contribution < -0.4 is 9.62 Å². The number of sulfonamides is 1. The van der Waals surface area contributed by atoms with Gasteiger partial charge in [0.2, 0.25) is 21.8 Å². The van der Waals surface area contributed by atoms with Crippen LogP contribution in [0.2, 0.25) is 5.02 Å². The van der Waals surface area contributed by atoms with E-state index in [1.165, 1.54) is 4.31 Å². The van der Waals surface area contributed by atoms with E-state index in [9.17, 15) is 18.0 Å². The van der Waals surface area contributed by atoms with E-state index >= 15 is 0 Å². The molecule has 0 aromatic heterocycles. The molecule has 0 unspecified atom stereocenters. The minimum atomic E-state index is -3.60. The van der Waals surface area contributed by atoms with E-state index in [1.807, 2.05) is 61.5 Å². The Labute approximate surface area is 244 Å². The third-order valence-electron chi connectivity index (χ3n) is 6.11. The second kappa shape index (κ2) is 14.5. The predicted molar refractivity (Wildman–Crippen MR) is 160 cm³/mol. The van der Waals surface area contributed by atoms with Crippen molar-refractivity contribution in [3.8, 4) is 0 Å². The standard InChI is InChI=1S/C29H33BrClN3O4S/c1-3-32-29(36)27(19-22-10-5-4-6-11-22)33(21-23-12-7-13-24(30)18-23)28(35)16-9-17-34(39(2,37)38)26-15-8-14-25(31)20-26/h4-8,10-15,18,20,27H,3,9,16-17,19,21H2,1-2H3,(H,32,36)/t27-/m1/s1. The van der Waals surface area contributed by atoms with Crippen LogP contribution in [0.15, 0.2) is 83.3 Å². The van der Waals surface area contributed by atoms with Crippen LogP contribution in [0.4, 0.5) is 5.69 Å². The first-order valence-electron chi connectivity index (χ1n) is 12.7. The van der Waals surface area contributed by atoms with Crippen molar-refractivity contribution in [2.45, 2.75) is 38.8 Å². The number of halogens is 2. The normalized spacial score (nSPS) is 12.0. The molecular formula is C29H33BrClN3O4S. The lowest BCUT2D eigenvalue weighted by Crippen LogP contribution is -2.50. The molecule has 0 spiro atoms. The van der Waals surface area contributed by atoms with Crippen LogP contribution in [0, 0.1) is 0 Å². The van der Waals surface area contributed by atoms with Gasteiger partial charge in [-0.2, -0.15) is 0 Å². The molecule has 1 atom stereocenters. The zero-order valence-corrected chi connectivity index (χ0v) is 25.2. The lowest BCUT2D eigenvalue weighted by atomic mass is 10.0. The predicted octanol–water partition coefficient (Wildman–Crippen LogP) is 5.42. The van der Waals surface area contributed by atoms with E-state index in [-0.39, 0.29) is 37.7 Å². The minimum Gasteiger partial charge on any atom is -0.355 e. The van der Waals surface area contributed by atoms with Crippen LogP contribution in [0.5, 0.6) is 0 Å². The molecule has 3 aromatic rings. The molecule has 39 heavy (non-hydrogen) atoms. The number of carbonyl (C=O) groups excluding carboxylic acids is 2. The van der Waals surface area contributed by atoms with E-state index in [4.69, 9.17) is 11.6 Å². The Bertz CT molecular complexity index is 1370. The second-order valence-corrected chi connectivity index (χ2v) is 12.4. The number of carbonyl (C=O) groups is 2. The molecule has 0 saturated heterocycles. The Balaban J connectivity index is 1.86. The molecule has 7 nitrogen and oxygen atoms in total. The third-order valence-corrected chi connectivity index (χ3v) is 8.03. The van der Waals surface area contributed by atoms with Crippen molar-refractivity contribution in [2.75, 3.05) is 23.7 Å². The molecule has 0 heterocycles. The maximum atomic E-state index is 13.7. The minimum absolute atomic E-state index is 0.0608. The molecule has 1 N–H and O–H groups in total. The van der Waals surface area contributed by atoms with Crippen molar-refractivity contribution in [1.82, 2.24) is 10.2 Å². The highest BCUT2D eigenvalue weighted by Crippen LogP contribution is 2.23. The highest BCUT2D eigenvalue weighted by atomic mass is 79.9. The van der Waals surface area contributed by atoms with Crippen LogP contribution in [-0.4, -0.2) is 50.5 Å². The number of rotatable bonds is 13. The zero-order chi connectivity index (χ0) is 28.4. The Kier molecular flexibility index (Phi) is 11.4. The highest BCUT2D eigenvalue weighted by Gasteiger charge is 2.30. The quantitative estimate of drug-likeness (QED) is 0.272. The van der Waals surface area contributed by atoms with Crippen molar-refractivity contribution in [1.29, 1.82) is 0 Å². The fourth-order valence-corrected chi connectivity index (χ4v) is 5.90. The molecule has 0 fully saturated rings. The average molecular weight is 635 g/mol. The summed E-state index contributed by atoms with van der Waals surface area (Å²) in [6.45, 7) is 2.61. The van der Waals surface area contributed by atoms with Gasteiger partial charge < -0.3 is 10.2 Å². The lowest BCUT2D eigenvalue weighted by molar-refractivity contribution is -0.141. The van der Waals surface area contributed by atoms with E-state index < -0.39 is 16.1 Å². The zero-order valence-electron chi connectivity index (χ0n) is 22.0. The fraction of sp³-hybridized carbons (Fsp3) is 0.310. The SMILES string of the molecule is CCNC(=O)[C@@H](Cc1ccccc1)N(Cc1cccc(Br)c1)C(=O)CCCN(c1cccc(Cl)c1)S(C)(=O)=O. The first-order valence-corrected chi connectivity index (χ1v) is 15.7. The van der Waals surface area contributed by atoms with Crippen LogP contribution >= 0.6 is 27.5 Å². The maximum absolute atomic E-state index is 13.7.